The highest BCUT2D eigenvalue weighted by atomic mass is 16.5. The molecule has 1 aliphatic heterocycles. The van der Waals surface area contributed by atoms with Crippen LogP contribution in [0, 0.1) is 0 Å². The van der Waals surface area contributed by atoms with Crippen LogP contribution in [0.1, 0.15) is 17.5 Å². The Morgan fingerprint density at radius 1 is 1.00 bits per heavy atom. The van der Waals surface area contributed by atoms with Crippen molar-refractivity contribution in [2.75, 3.05) is 45.9 Å². The smallest absolute Gasteiger partial charge is 0.246 e. The summed E-state index contributed by atoms with van der Waals surface area (Å²) in [5.41, 5.74) is 0.569. The number of ether oxygens (including phenoxy) is 1. The first-order chi connectivity index (χ1) is 16.4. The predicted molar refractivity (Wildman–Crippen MR) is 128 cm³/mol. The molecule has 3 rings (SSSR count). The van der Waals surface area contributed by atoms with Gasteiger partial charge in [-0.25, -0.2) is 0 Å². The molecule has 34 heavy (non-hydrogen) atoms. The number of nitrogens with one attached hydrogen (secondary N) is 1. The Labute approximate surface area is 197 Å². The molecule has 10 heteroatoms. The number of phenols is 4. The van der Waals surface area contributed by atoms with E-state index in [2.05, 4.69) is 20.2 Å². The fraction of sp³-hybridized carbons (Fsp3) is 0.375. The Kier molecular flexibility index (Phi) is 9.24. The minimum Gasteiger partial charge on any atom is -0.508 e. The van der Waals surface area contributed by atoms with Crippen molar-refractivity contribution in [1.82, 2.24) is 10.2 Å². The number of hydrogen-bond donors (Lipinski definition) is 5. The fourth-order valence-electron chi connectivity index (χ4n) is 3.37. The number of nitrogens with zero attached hydrogens (tertiary/aromatic N) is 3. The van der Waals surface area contributed by atoms with Crippen LogP contribution in [0.2, 0.25) is 0 Å². The van der Waals surface area contributed by atoms with Gasteiger partial charge in [-0.1, -0.05) is 0 Å². The Bertz CT molecular complexity index is 1020. The molecule has 0 aliphatic carbocycles. The lowest BCUT2D eigenvalue weighted by atomic mass is 10.2. The van der Waals surface area contributed by atoms with E-state index in [1.165, 1.54) is 48.8 Å². The van der Waals surface area contributed by atoms with Gasteiger partial charge in [-0.05, 0) is 49.4 Å². The molecule has 1 fully saturated rings. The van der Waals surface area contributed by atoms with Crippen molar-refractivity contribution in [3.63, 3.8) is 0 Å². The summed E-state index contributed by atoms with van der Waals surface area (Å²) < 4.78 is 5.33. The van der Waals surface area contributed by atoms with Crippen molar-refractivity contribution in [1.29, 1.82) is 0 Å². The lowest BCUT2D eigenvalue weighted by molar-refractivity contribution is -0.122. The van der Waals surface area contributed by atoms with E-state index in [1.807, 2.05) is 0 Å². The van der Waals surface area contributed by atoms with Crippen LogP contribution in [0.25, 0.3) is 0 Å². The zero-order valence-electron chi connectivity index (χ0n) is 18.8. The highest BCUT2D eigenvalue weighted by Crippen LogP contribution is 2.21. The quantitative estimate of drug-likeness (QED) is 0.199. The maximum atomic E-state index is 12.8. The molecule has 1 unspecified atom stereocenters. The molecule has 0 radical (unpaired) electrons. The maximum absolute atomic E-state index is 12.8. The van der Waals surface area contributed by atoms with Gasteiger partial charge in [-0.2, -0.15) is 0 Å². The molecule has 0 spiro atoms. The molecule has 5 N–H and O–H groups in total. The number of phenolic OH excluding ortho intramolecular Hbond substituents is 4. The van der Waals surface area contributed by atoms with Gasteiger partial charge in [0.05, 0.1) is 19.8 Å². The molecular weight excluding hydrogens is 440 g/mol. The van der Waals surface area contributed by atoms with Crippen LogP contribution in [0.15, 0.2) is 46.4 Å². The molecule has 2 aromatic rings. The van der Waals surface area contributed by atoms with Crippen LogP contribution in [0.5, 0.6) is 23.0 Å². The zero-order chi connectivity index (χ0) is 24.3. The van der Waals surface area contributed by atoms with E-state index in [0.29, 0.717) is 12.1 Å². The summed E-state index contributed by atoms with van der Waals surface area (Å²) in [4.78, 5) is 23.6. The number of benzene rings is 2. The zero-order valence-corrected chi connectivity index (χ0v) is 18.8. The Morgan fingerprint density at radius 3 is 2.26 bits per heavy atom. The van der Waals surface area contributed by atoms with E-state index in [1.54, 1.807) is 0 Å². The first-order valence-corrected chi connectivity index (χ1v) is 11.1. The van der Waals surface area contributed by atoms with Gasteiger partial charge in [-0.3, -0.25) is 19.7 Å². The van der Waals surface area contributed by atoms with Gasteiger partial charge >= 0.3 is 0 Å². The predicted octanol–water partition coefficient (Wildman–Crippen LogP) is 1.25. The van der Waals surface area contributed by atoms with Crippen molar-refractivity contribution in [3.05, 3.63) is 47.5 Å². The van der Waals surface area contributed by atoms with Crippen molar-refractivity contribution in [2.45, 2.75) is 12.5 Å². The van der Waals surface area contributed by atoms with Gasteiger partial charge in [0.1, 0.15) is 29.0 Å². The van der Waals surface area contributed by atoms with Crippen LogP contribution in [-0.4, -0.2) is 95.6 Å². The lowest BCUT2D eigenvalue weighted by Crippen LogP contribution is -2.40. The summed E-state index contributed by atoms with van der Waals surface area (Å²) in [5.74, 6) is -0.541. The number of amides is 1. The van der Waals surface area contributed by atoms with Gasteiger partial charge in [0, 0.05) is 43.2 Å². The molecule has 0 aromatic heterocycles. The molecule has 182 valence electrons. The van der Waals surface area contributed by atoms with E-state index in [4.69, 9.17) is 4.74 Å². The molecule has 1 heterocycles. The van der Waals surface area contributed by atoms with Crippen molar-refractivity contribution in [2.24, 2.45) is 9.98 Å². The second-order valence-electron chi connectivity index (χ2n) is 7.87. The number of carbonyl (C=O) groups is 1. The largest absolute Gasteiger partial charge is 0.508 e. The first kappa shape index (κ1) is 25.0. The second-order valence-corrected chi connectivity index (χ2v) is 7.87. The van der Waals surface area contributed by atoms with Crippen LogP contribution >= 0.6 is 0 Å². The van der Waals surface area contributed by atoms with Crippen molar-refractivity contribution >= 4 is 18.3 Å². The minimum atomic E-state index is -0.902. The second kappa shape index (κ2) is 12.6. The summed E-state index contributed by atoms with van der Waals surface area (Å²) in [7, 11) is 0. The molecule has 0 bridgehead atoms. The van der Waals surface area contributed by atoms with E-state index in [-0.39, 0.29) is 41.0 Å². The summed E-state index contributed by atoms with van der Waals surface area (Å²) in [6.07, 6.45) is 3.44. The number of morpholine rings is 1. The van der Waals surface area contributed by atoms with Gasteiger partial charge in [0.15, 0.2) is 0 Å². The first-order valence-electron chi connectivity index (χ1n) is 11.1. The van der Waals surface area contributed by atoms with Crippen LogP contribution < -0.4 is 5.32 Å². The Hall–Kier alpha value is -3.63. The molecule has 1 aliphatic rings. The third-order valence-electron chi connectivity index (χ3n) is 5.28. The topological polar surface area (TPSA) is 147 Å². The fourth-order valence-corrected chi connectivity index (χ4v) is 3.37. The number of hydrogen-bond acceptors (Lipinski definition) is 9. The number of aromatic hydroxyl groups is 4. The molecule has 1 amide bonds. The van der Waals surface area contributed by atoms with Gasteiger partial charge in [-0.15, -0.1) is 0 Å². The van der Waals surface area contributed by atoms with E-state index in [9.17, 15) is 25.2 Å². The summed E-state index contributed by atoms with van der Waals surface area (Å²) in [6, 6.07) is 7.17. The van der Waals surface area contributed by atoms with Crippen molar-refractivity contribution in [3.8, 4) is 23.0 Å². The maximum Gasteiger partial charge on any atom is 0.246 e. The highest BCUT2D eigenvalue weighted by Gasteiger charge is 2.17. The highest BCUT2D eigenvalue weighted by molar-refractivity contribution is 5.89. The third-order valence-corrected chi connectivity index (χ3v) is 5.28. The normalized spacial score (nSPS) is 15.6. The monoisotopic (exact) mass is 470 g/mol. The van der Waals surface area contributed by atoms with Crippen LogP contribution in [-0.2, 0) is 9.53 Å². The van der Waals surface area contributed by atoms with Crippen LogP contribution in [0.4, 0.5) is 0 Å². The SMILES string of the molecule is O=C(NCCCN1CCOCC1)C(CN=Cc1cc(O)ccc1O)N=Cc1cc(O)ccc1O. The molecule has 1 saturated heterocycles. The summed E-state index contributed by atoms with van der Waals surface area (Å²) in [6.45, 7) is 4.49. The number of carbonyl (C=O) groups excluding carboxylic acids is 1. The van der Waals surface area contributed by atoms with Crippen molar-refractivity contribution < 1.29 is 30.0 Å². The third kappa shape index (κ3) is 7.75. The average molecular weight is 471 g/mol. The van der Waals surface area contributed by atoms with Gasteiger partial charge in [0.2, 0.25) is 5.91 Å². The van der Waals surface area contributed by atoms with E-state index < -0.39 is 6.04 Å². The van der Waals surface area contributed by atoms with E-state index in [0.717, 1.165) is 39.3 Å². The standard InChI is InChI=1S/C24H30N4O6/c29-19-2-4-22(31)17(12-19)14-25-16-21(27-15-18-13-20(30)3-5-23(18)32)24(33)26-6-1-7-28-8-10-34-11-9-28/h2-5,12-15,21,29-32H,1,6-11,16H2,(H,26,33). The number of rotatable bonds is 10. The summed E-state index contributed by atoms with van der Waals surface area (Å²) in [5, 5.41) is 42.0. The number of aliphatic imine (C=N–C) groups is 2. The summed E-state index contributed by atoms with van der Waals surface area (Å²) >= 11 is 0. The Morgan fingerprint density at radius 2 is 1.62 bits per heavy atom. The van der Waals surface area contributed by atoms with Crippen LogP contribution in [0.3, 0.4) is 0 Å². The molecule has 1 atom stereocenters. The Balaban J connectivity index is 1.64. The molecule has 2 aromatic carbocycles. The lowest BCUT2D eigenvalue weighted by Gasteiger charge is -2.26. The molecule has 10 nitrogen and oxygen atoms in total. The minimum absolute atomic E-state index is 0.0220. The molecular formula is C24H30N4O6. The average Bonchev–Trinajstić information content (AvgIpc) is 2.83. The van der Waals surface area contributed by atoms with Gasteiger partial charge < -0.3 is 30.5 Å². The molecule has 0 saturated carbocycles. The van der Waals surface area contributed by atoms with Gasteiger partial charge in [0.25, 0.3) is 0 Å². The van der Waals surface area contributed by atoms with E-state index >= 15 is 0 Å².